The molecule has 0 N–H and O–H groups in total. The Morgan fingerprint density at radius 2 is 1.86 bits per heavy atom. The van der Waals surface area contributed by atoms with Gasteiger partial charge in [0.1, 0.15) is 4.70 Å². The second-order valence-electron chi connectivity index (χ2n) is 7.65. The highest BCUT2D eigenvalue weighted by molar-refractivity contribution is 7.17. The van der Waals surface area contributed by atoms with Crippen molar-refractivity contribution in [3.63, 3.8) is 0 Å². The summed E-state index contributed by atoms with van der Waals surface area (Å²) in [5, 5.41) is 10.1. The Kier molecular flexibility index (Phi) is 4.30. The zero-order valence-electron chi connectivity index (χ0n) is 16.1. The summed E-state index contributed by atoms with van der Waals surface area (Å²) in [4.78, 5) is 24.8. The van der Waals surface area contributed by atoms with Crippen LogP contribution in [0, 0.1) is 0 Å². The van der Waals surface area contributed by atoms with E-state index in [-0.39, 0.29) is 17.6 Å². The molecule has 4 rings (SSSR count). The summed E-state index contributed by atoms with van der Waals surface area (Å²) < 4.78 is 9.27. The van der Waals surface area contributed by atoms with Crippen LogP contribution in [0.3, 0.4) is 0 Å². The van der Waals surface area contributed by atoms with E-state index in [1.807, 2.05) is 23.6 Å². The van der Waals surface area contributed by atoms with Gasteiger partial charge in [-0.25, -0.2) is 4.79 Å². The molecule has 0 radical (unpaired) electrons. The van der Waals surface area contributed by atoms with Crippen LogP contribution in [0.2, 0.25) is 0 Å². The van der Waals surface area contributed by atoms with Crippen molar-refractivity contribution in [3.8, 4) is 0 Å². The molecule has 0 amide bonds. The van der Waals surface area contributed by atoms with Crippen molar-refractivity contribution in [2.24, 2.45) is 7.05 Å². The first kappa shape index (κ1) is 18.4. The van der Waals surface area contributed by atoms with Crippen LogP contribution in [-0.2, 0) is 23.8 Å². The van der Waals surface area contributed by atoms with Gasteiger partial charge in [0, 0.05) is 7.05 Å². The van der Waals surface area contributed by atoms with E-state index >= 15 is 0 Å². The molecule has 0 aliphatic rings. The molecule has 0 saturated carbocycles. The first-order valence-corrected chi connectivity index (χ1v) is 9.73. The normalized spacial score (nSPS) is 12.0. The van der Waals surface area contributed by atoms with Crippen molar-refractivity contribution in [2.75, 3.05) is 0 Å². The standard InChI is InChI=1S/C20H20N4O3S/c1-20(2,3)13-7-5-12(6-8-13)18(26)27-11-15-21-22-19-23(4)17(25)16-14(24(15)19)9-10-28-16/h5-10H,11H2,1-4H3. The molecular weight excluding hydrogens is 376 g/mol. The smallest absolute Gasteiger partial charge is 0.338 e. The number of carbonyl (C=O) groups excluding carboxylic acids is 1. The molecular formula is C20H20N4O3S. The lowest BCUT2D eigenvalue weighted by Crippen LogP contribution is -2.19. The summed E-state index contributed by atoms with van der Waals surface area (Å²) in [5.74, 6) is 0.453. The molecule has 0 spiro atoms. The summed E-state index contributed by atoms with van der Waals surface area (Å²) in [5.41, 5.74) is 2.24. The molecule has 0 unspecified atom stereocenters. The average molecular weight is 396 g/mol. The Hall–Kier alpha value is -3.00. The number of fused-ring (bicyclic) bond motifs is 3. The number of thiophene rings is 1. The van der Waals surface area contributed by atoms with Crippen LogP contribution in [0.25, 0.3) is 16.0 Å². The maximum atomic E-state index is 12.4. The number of ether oxygens (including phenoxy) is 1. The third-order valence-electron chi connectivity index (χ3n) is 4.72. The number of carbonyl (C=O) groups is 1. The molecule has 0 atom stereocenters. The van der Waals surface area contributed by atoms with Crippen molar-refractivity contribution in [2.45, 2.75) is 32.8 Å². The van der Waals surface area contributed by atoms with Gasteiger partial charge < -0.3 is 4.74 Å². The van der Waals surface area contributed by atoms with Crippen LogP contribution < -0.4 is 5.56 Å². The van der Waals surface area contributed by atoms with Crippen molar-refractivity contribution in [1.82, 2.24) is 19.2 Å². The fraction of sp³-hybridized carbons (Fsp3) is 0.300. The molecule has 8 heteroatoms. The van der Waals surface area contributed by atoms with Gasteiger partial charge in [0.05, 0.1) is 11.1 Å². The van der Waals surface area contributed by atoms with E-state index in [2.05, 4.69) is 31.0 Å². The second kappa shape index (κ2) is 6.56. The molecule has 3 heterocycles. The summed E-state index contributed by atoms with van der Waals surface area (Å²) >= 11 is 1.36. The van der Waals surface area contributed by atoms with Gasteiger partial charge in [0.2, 0.25) is 5.78 Å². The summed E-state index contributed by atoms with van der Waals surface area (Å²) in [6, 6.07) is 9.26. The van der Waals surface area contributed by atoms with Gasteiger partial charge in [-0.05, 0) is 34.6 Å². The Labute approximate surface area is 165 Å². The molecule has 144 valence electrons. The molecule has 7 nitrogen and oxygen atoms in total. The van der Waals surface area contributed by atoms with Crippen LogP contribution in [0.15, 0.2) is 40.5 Å². The highest BCUT2D eigenvalue weighted by atomic mass is 32.1. The fourth-order valence-corrected chi connectivity index (χ4v) is 3.92. The van der Waals surface area contributed by atoms with E-state index in [4.69, 9.17) is 4.74 Å². The van der Waals surface area contributed by atoms with Gasteiger partial charge in [-0.15, -0.1) is 21.5 Å². The molecule has 1 aromatic carbocycles. The van der Waals surface area contributed by atoms with Crippen molar-refractivity contribution >= 4 is 33.3 Å². The molecule has 0 aliphatic carbocycles. The van der Waals surface area contributed by atoms with E-state index in [0.717, 1.165) is 5.56 Å². The van der Waals surface area contributed by atoms with Crippen LogP contribution >= 0.6 is 11.3 Å². The molecule has 3 aromatic heterocycles. The number of hydrogen-bond acceptors (Lipinski definition) is 6. The molecule has 0 aliphatic heterocycles. The van der Waals surface area contributed by atoms with E-state index in [9.17, 15) is 9.59 Å². The summed E-state index contributed by atoms with van der Waals surface area (Å²) in [7, 11) is 1.65. The van der Waals surface area contributed by atoms with Gasteiger partial charge in [-0.1, -0.05) is 32.9 Å². The van der Waals surface area contributed by atoms with Gasteiger partial charge in [-0.2, -0.15) is 0 Å². The highest BCUT2D eigenvalue weighted by Gasteiger charge is 2.18. The first-order chi connectivity index (χ1) is 13.3. The lowest BCUT2D eigenvalue weighted by molar-refractivity contribution is 0.0461. The Morgan fingerprint density at radius 1 is 1.14 bits per heavy atom. The van der Waals surface area contributed by atoms with Crippen molar-refractivity contribution in [1.29, 1.82) is 0 Å². The SMILES string of the molecule is Cn1c(=O)c2sccc2n2c(COC(=O)c3ccc(C(C)(C)C)cc3)nnc12. The summed E-state index contributed by atoms with van der Waals surface area (Å²) in [6.45, 7) is 6.32. The number of rotatable bonds is 3. The first-order valence-electron chi connectivity index (χ1n) is 8.85. The molecule has 0 fully saturated rings. The number of aromatic nitrogens is 4. The van der Waals surface area contributed by atoms with Gasteiger partial charge in [0.15, 0.2) is 12.4 Å². The fourth-order valence-electron chi connectivity index (χ4n) is 3.07. The summed E-state index contributed by atoms with van der Waals surface area (Å²) in [6.07, 6.45) is 0. The van der Waals surface area contributed by atoms with Crippen LogP contribution in [0.1, 0.15) is 42.5 Å². The average Bonchev–Trinajstić information content (AvgIpc) is 3.30. The van der Waals surface area contributed by atoms with Crippen molar-refractivity contribution < 1.29 is 9.53 Å². The maximum Gasteiger partial charge on any atom is 0.338 e. The molecule has 28 heavy (non-hydrogen) atoms. The van der Waals surface area contributed by atoms with Crippen LogP contribution in [0.4, 0.5) is 0 Å². The van der Waals surface area contributed by atoms with Gasteiger partial charge in [-0.3, -0.25) is 13.8 Å². The molecule has 0 bridgehead atoms. The lowest BCUT2D eigenvalue weighted by atomic mass is 9.87. The van der Waals surface area contributed by atoms with E-state index in [1.54, 1.807) is 23.6 Å². The number of aryl methyl sites for hydroxylation is 1. The number of hydrogen-bond donors (Lipinski definition) is 0. The third-order valence-corrected chi connectivity index (χ3v) is 5.61. The predicted octanol–water partition coefficient (Wildman–Crippen LogP) is 3.30. The largest absolute Gasteiger partial charge is 0.454 e. The van der Waals surface area contributed by atoms with Crippen molar-refractivity contribution in [3.05, 3.63) is 63.0 Å². The highest BCUT2D eigenvalue weighted by Crippen LogP contribution is 2.23. The van der Waals surface area contributed by atoms with E-state index < -0.39 is 5.97 Å². The third kappa shape index (κ3) is 2.99. The molecule has 4 aromatic rings. The zero-order chi connectivity index (χ0) is 20.1. The second-order valence-corrected chi connectivity index (χ2v) is 8.57. The van der Waals surface area contributed by atoms with Crippen LogP contribution in [0.5, 0.6) is 0 Å². The van der Waals surface area contributed by atoms with Gasteiger partial charge in [0.25, 0.3) is 5.56 Å². The van der Waals surface area contributed by atoms with E-state index in [0.29, 0.717) is 27.4 Å². The topological polar surface area (TPSA) is 78.5 Å². The number of benzene rings is 1. The Morgan fingerprint density at radius 3 is 2.54 bits per heavy atom. The van der Waals surface area contributed by atoms with Gasteiger partial charge >= 0.3 is 5.97 Å². The Bertz CT molecular complexity index is 1240. The minimum atomic E-state index is -0.427. The number of esters is 1. The monoisotopic (exact) mass is 396 g/mol. The van der Waals surface area contributed by atoms with Crippen LogP contribution in [-0.4, -0.2) is 25.1 Å². The predicted molar refractivity (Wildman–Crippen MR) is 108 cm³/mol. The molecule has 0 saturated heterocycles. The van der Waals surface area contributed by atoms with E-state index in [1.165, 1.54) is 15.9 Å². The Balaban J connectivity index is 1.61. The minimum absolute atomic E-state index is 0.0186. The number of nitrogens with zero attached hydrogens (tertiary/aromatic N) is 4. The lowest BCUT2D eigenvalue weighted by Gasteiger charge is -2.18. The zero-order valence-corrected chi connectivity index (χ0v) is 16.9. The maximum absolute atomic E-state index is 12.4. The quantitative estimate of drug-likeness (QED) is 0.497. The minimum Gasteiger partial charge on any atom is -0.454 e.